The topological polar surface area (TPSA) is 57.9 Å². The highest BCUT2D eigenvalue weighted by molar-refractivity contribution is 5.90. The van der Waals surface area contributed by atoms with E-state index in [1.807, 2.05) is 6.92 Å². The Kier molecular flexibility index (Phi) is 5.95. The molecule has 0 aliphatic heterocycles. The van der Waals surface area contributed by atoms with Crippen LogP contribution in [0.1, 0.15) is 101 Å². The first-order chi connectivity index (χ1) is 15.7. The average Bonchev–Trinajstić information content (AvgIpc) is 3.40. The van der Waals surface area contributed by atoms with Gasteiger partial charge in [-0.05, 0) is 92.5 Å². The van der Waals surface area contributed by atoms with Gasteiger partial charge in [0.15, 0.2) is 0 Å². The van der Waals surface area contributed by atoms with E-state index < -0.39 is 0 Å². The fourth-order valence-corrected chi connectivity index (χ4v) is 5.91. The van der Waals surface area contributed by atoms with Crippen molar-refractivity contribution >= 4 is 5.97 Å². The number of aromatic amines is 2. The molecule has 0 bridgehead atoms. The molecule has 0 saturated carbocycles. The fraction of sp³-hybridized carbons (Fsp3) is 0.464. The molecule has 5 rings (SSSR count). The first kappa shape index (κ1) is 21.1. The molecular formula is C28H34N2O2. The standard InChI is InChI=1S/C28H34N2O2/c1-3-23-19-14-8-9-15-20(19)25(29-23)24(18-12-6-5-7-13-18)26-21-16-10-11-17-22(21)27(30-26)28(31)32-4-2/h5-7,12-13,24,29-30H,3-4,8-11,14-17H2,1-2H3. The molecule has 0 fully saturated rings. The van der Waals surface area contributed by atoms with E-state index >= 15 is 0 Å². The molecule has 2 aliphatic carbocycles. The maximum atomic E-state index is 12.8. The molecule has 2 aliphatic rings. The molecule has 0 spiro atoms. The van der Waals surface area contributed by atoms with Gasteiger partial charge in [0.2, 0.25) is 0 Å². The predicted molar refractivity (Wildman–Crippen MR) is 128 cm³/mol. The summed E-state index contributed by atoms with van der Waals surface area (Å²) in [5.74, 6) is -0.134. The summed E-state index contributed by atoms with van der Waals surface area (Å²) in [5.41, 5.74) is 11.4. The van der Waals surface area contributed by atoms with Crippen LogP contribution in [0.4, 0.5) is 0 Å². The Morgan fingerprint density at radius 2 is 1.44 bits per heavy atom. The lowest BCUT2D eigenvalue weighted by atomic mass is 9.82. The highest BCUT2D eigenvalue weighted by Gasteiger charge is 2.33. The van der Waals surface area contributed by atoms with Crippen LogP contribution in [0.2, 0.25) is 0 Å². The van der Waals surface area contributed by atoms with E-state index in [9.17, 15) is 4.79 Å². The molecule has 4 heteroatoms. The zero-order valence-corrected chi connectivity index (χ0v) is 19.4. The molecule has 2 N–H and O–H groups in total. The van der Waals surface area contributed by atoms with Crippen LogP contribution in [0.15, 0.2) is 30.3 Å². The Bertz CT molecular complexity index is 1110. The highest BCUT2D eigenvalue weighted by Crippen LogP contribution is 2.42. The second-order valence-electron chi connectivity index (χ2n) is 9.18. The first-order valence-corrected chi connectivity index (χ1v) is 12.4. The number of carbonyl (C=O) groups is 1. The van der Waals surface area contributed by atoms with Gasteiger partial charge in [-0.15, -0.1) is 0 Å². The van der Waals surface area contributed by atoms with Crippen molar-refractivity contribution in [3.8, 4) is 0 Å². The Morgan fingerprint density at radius 1 is 0.844 bits per heavy atom. The van der Waals surface area contributed by atoms with Crippen LogP contribution < -0.4 is 0 Å². The second kappa shape index (κ2) is 9.01. The van der Waals surface area contributed by atoms with Crippen molar-refractivity contribution in [2.45, 2.75) is 77.6 Å². The van der Waals surface area contributed by atoms with Gasteiger partial charge in [-0.1, -0.05) is 37.3 Å². The number of esters is 1. The minimum atomic E-state index is -0.216. The van der Waals surface area contributed by atoms with Gasteiger partial charge in [0.1, 0.15) is 5.69 Å². The summed E-state index contributed by atoms with van der Waals surface area (Å²) in [6, 6.07) is 10.8. The van der Waals surface area contributed by atoms with Crippen molar-refractivity contribution in [1.29, 1.82) is 0 Å². The summed E-state index contributed by atoms with van der Waals surface area (Å²) in [6.07, 6.45) is 10.1. The summed E-state index contributed by atoms with van der Waals surface area (Å²) in [6.45, 7) is 4.52. The number of H-pyrrole nitrogens is 2. The van der Waals surface area contributed by atoms with E-state index in [2.05, 4.69) is 47.2 Å². The minimum absolute atomic E-state index is 0.0818. The van der Waals surface area contributed by atoms with Crippen LogP contribution in [0.3, 0.4) is 0 Å². The SMILES string of the molecule is CCOC(=O)c1[nH]c(C(c2ccccc2)c2[nH]c(CC)c3c2CCCC3)c2c1CCCC2. The van der Waals surface area contributed by atoms with Crippen LogP contribution in [0.5, 0.6) is 0 Å². The summed E-state index contributed by atoms with van der Waals surface area (Å²) >= 11 is 0. The number of ether oxygens (including phenoxy) is 1. The van der Waals surface area contributed by atoms with Crippen molar-refractivity contribution in [3.63, 3.8) is 0 Å². The lowest BCUT2D eigenvalue weighted by Crippen LogP contribution is -2.12. The van der Waals surface area contributed by atoms with E-state index in [0.29, 0.717) is 12.3 Å². The molecule has 0 saturated heterocycles. The zero-order chi connectivity index (χ0) is 22.1. The van der Waals surface area contributed by atoms with Crippen LogP contribution in [0, 0.1) is 0 Å². The first-order valence-electron chi connectivity index (χ1n) is 12.4. The molecule has 1 unspecified atom stereocenters. The van der Waals surface area contributed by atoms with Gasteiger partial charge in [0, 0.05) is 17.1 Å². The maximum absolute atomic E-state index is 12.8. The van der Waals surface area contributed by atoms with Gasteiger partial charge in [-0.3, -0.25) is 0 Å². The van der Waals surface area contributed by atoms with Crippen molar-refractivity contribution in [3.05, 3.63) is 80.9 Å². The maximum Gasteiger partial charge on any atom is 0.355 e. The third-order valence-corrected chi connectivity index (χ3v) is 7.34. The van der Waals surface area contributed by atoms with Gasteiger partial charge in [0.05, 0.1) is 12.5 Å². The summed E-state index contributed by atoms with van der Waals surface area (Å²) < 4.78 is 5.43. The Morgan fingerprint density at radius 3 is 2.09 bits per heavy atom. The number of fused-ring (bicyclic) bond motifs is 2. The van der Waals surface area contributed by atoms with Crippen molar-refractivity contribution < 1.29 is 9.53 Å². The minimum Gasteiger partial charge on any atom is -0.461 e. The van der Waals surface area contributed by atoms with Crippen molar-refractivity contribution in [1.82, 2.24) is 9.97 Å². The molecule has 2 heterocycles. The number of carbonyl (C=O) groups excluding carboxylic acids is 1. The van der Waals surface area contributed by atoms with Crippen LogP contribution >= 0.6 is 0 Å². The van der Waals surface area contributed by atoms with Gasteiger partial charge in [-0.2, -0.15) is 0 Å². The summed E-state index contributed by atoms with van der Waals surface area (Å²) in [5, 5.41) is 0. The smallest absolute Gasteiger partial charge is 0.355 e. The van der Waals surface area contributed by atoms with E-state index in [1.54, 1.807) is 5.56 Å². The predicted octanol–water partition coefficient (Wildman–Crippen LogP) is 6.02. The number of aromatic nitrogens is 2. The quantitative estimate of drug-likeness (QED) is 0.470. The molecule has 2 aromatic heterocycles. The van der Waals surface area contributed by atoms with Crippen molar-refractivity contribution in [2.75, 3.05) is 6.61 Å². The van der Waals surface area contributed by atoms with Gasteiger partial charge < -0.3 is 14.7 Å². The Balaban J connectivity index is 1.72. The molecule has 1 atom stereocenters. The van der Waals surface area contributed by atoms with E-state index in [0.717, 1.165) is 32.1 Å². The molecule has 32 heavy (non-hydrogen) atoms. The summed E-state index contributed by atoms with van der Waals surface area (Å²) in [7, 11) is 0. The van der Waals surface area contributed by atoms with E-state index in [1.165, 1.54) is 65.0 Å². The van der Waals surface area contributed by atoms with Crippen LogP contribution in [-0.2, 0) is 36.8 Å². The number of hydrogen-bond acceptors (Lipinski definition) is 2. The highest BCUT2D eigenvalue weighted by atomic mass is 16.5. The number of rotatable bonds is 6. The van der Waals surface area contributed by atoms with Crippen molar-refractivity contribution in [2.24, 2.45) is 0 Å². The number of hydrogen-bond donors (Lipinski definition) is 2. The normalized spacial score (nSPS) is 16.3. The fourth-order valence-electron chi connectivity index (χ4n) is 5.91. The Labute approximate surface area is 190 Å². The van der Waals surface area contributed by atoms with E-state index in [-0.39, 0.29) is 11.9 Å². The lowest BCUT2D eigenvalue weighted by Gasteiger charge is -2.23. The number of benzene rings is 1. The van der Waals surface area contributed by atoms with Crippen LogP contribution in [0.25, 0.3) is 0 Å². The molecular weight excluding hydrogens is 396 g/mol. The monoisotopic (exact) mass is 430 g/mol. The van der Waals surface area contributed by atoms with Gasteiger partial charge in [-0.25, -0.2) is 4.79 Å². The van der Waals surface area contributed by atoms with Gasteiger partial charge >= 0.3 is 5.97 Å². The second-order valence-corrected chi connectivity index (χ2v) is 9.18. The zero-order valence-electron chi connectivity index (χ0n) is 19.4. The van der Waals surface area contributed by atoms with E-state index in [4.69, 9.17) is 4.74 Å². The van der Waals surface area contributed by atoms with Gasteiger partial charge in [0.25, 0.3) is 0 Å². The largest absolute Gasteiger partial charge is 0.461 e. The molecule has 168 valence electrons. The third kappa shape index (κ3) is 3.60. The summed E-state index contributed by atoms with van der Waals surface area (Å²) in [4.78, 5) is 20.3. The number of aryl methyl sites for hydroxylation is 1. The Hall–Kier alpha value is -2.75. The molecule has 4 nitrogen and oxygen atoms in total. The molecule has 3 aromatic rings. The molecule has 1 aromatic carbocycles. The lowest BCUT2D eigenvalue weighted by molar-refractivity contribution is 0.0518. The molecule has 0 amide bonds. The molecule has 0 radical (unpaired) electrons. The van der Waals surface area contributed by atoms with Crippen LogP contribution in [-0.4, -0.2) is 22.5 Å². The average molecular weight is 431 g/mol. The third-order valence-electron chi connectivity index (χ3n) is 7.34. The number of nitrogens with one attached hydrogen (secondary N) is 2.